The zero-order chi connectivity index (χ0) is 14.1. The van der Waals surface area contributed by atoms with Crippen LogP contribution >= 0.6 is 36.6 Å². The largest absolute Gasteiger partial charge is 0.342 e. The molecule has 0 aliphatic carbocycles. The van der Waals surface area contributed by atoms with Crippen molar-refractivity contribution in [2.45, 2.75) is 32.7 Å². The minimum atomic E-state index is 0. The van der Waals surface area contributed by atoms with Gasteiger partial charge in [0.05, 0.1) is 5.75 Å². The summed E-state index contributed by atoms with van der Waals surface area (Å²) in [5, 5.41) is 3.29. The number of halogens is 2. The van der Waals surface area contributed by atoms with Crippen LogP contribution in [-0.4, -0.2) is 73.0 Å². The van der Waals surface area contributed by atoms with Crippen molar-refractivity contribution in [3.8, 4) is 0 Å². The first-order valence-electron chi connectivity index (χ1n) is 7.46. The van der Waals surface area contributed by atoms with Gasteiger partial charge < -0.3 is 15.1 Å². The van der Waals surface area contributed by atoms with E-state index >= 15 is 0 Å². The highest BCUT2D eigenvalue weighted by Crippen LogP contribution is 2.12. The maximum atomic E-state index is 12.0. The van der Waals surface area contributed by atoms with Gasteiger partial charge in [0.1, 0.15) is 0 Å². The Kier molecular flexibility index (Phi) is 15.7. The van der Waals surface area contributed by atoms with Gasteiger partial charge in [-0.25, -0.2) is 0 Å². The Morgan fingerprint density at radius 1 is 1.24 bits per heavy atom. The number of thioether (sulfide) groups is 1. The van der Waals surface area contributed by atoms with Crippen molar-refractivity contribution in [1.29, 1.82) is 0 Å². The van der Waals surface area contributed by atoms with E-state index in [-0.39, 0.29) is 24.8 Å². The third kappa shape index (κ3) is 9.14. The van der Waals surface area contributed by atoms with Gasteiger partial charge in [0.25, 0.3) is 0 Å². The summed E-state index contributed by atoms with van der Waals surface area (Å²) in [7, 11) is 2.01. The molecule has 4 nitrogen and oxygen atoms in total. The predicted molar refractivity (Wildman–Crippen MR) is 98.3 cm³/mol. The fourth-order valence-corrected chi connectivity index (χ4v) is 3.29. The molecule has 21 heavy (non-hydrogen) atoms. The Bertz CT molecular complexity index is 261. The lowest BCUT2D eigenvalue weighted by Gasteiger charge is -2.31. The molecule has 1 aliphatic rings. The monoisotopic (exact) mass is 359 g/mol. The van der Waals surface area contributed by atoms with E-state index in [1.54, 1.807) is 11.8 Å². The number of likely N-dealkylation sites (tertiary alicyclic amines) is 1. The van der Waals surface area contributed by atoms with Crippen LogP contribution in [0.25, 0.3) is 0 Å². The zero-order valence-corrected chi connectivity index (χ0v) is 15.9. The number of hydrogen-bond acceptors (Lipinski definition) is 4. The van der Waals surface area contributed by atoms with E-state index in [2.05, 4.69) is 24.1 Å². The lowest BCUT2D eigenvalue weighted by atomic mass is 10.1. The molecule has 0 aromatic heterocycles. The van der Waals surface area contributed by atoms with Gasteiger partial charge in [-0.1, -0.05) is 13.8 Å². The quantitative estimate of drug-likeness (QED) is 0.673. The second-order valence-corrected chi connectivity index (χ2v) is 6.13. The fraction of sp³-hybridized carbons (Fsp3) is 0.929. The molecule has 7 heteroatoms. The molecule has 0 unspecified atom stereocenters. The standard InChI is InChI=1S/C14H29N3OS.2ClH/c1-4-16(5-2)10-11-19-12-14(18)17-8-6-13(15-3)7-9-17;;/h13,15H,4-12H2,1-3H3;2*1H. The Balaban J connectivity index is 0. The second kappa shape index (κ2) is 13.9. The number of hydrogen-bond donors (Lipinski definition) is 1. The van der Waals surface area contributed by atoms with E-state index in [0.29, 0.717) is 17.7 Å². The molecule has 1 saturated heterocycles. The summed E-state index contributed by atoms with van der Waals surface area (Å²) >= 11 is 1.77. The summed E-state index contributed by atoms with van der Waals surface area (Å²) in [6.45, 7) is 9.50. The van der Waals surface area contributed by atoms with Gasteiger partial charge in [0.15, 0.2) is 0 Å². The molecule has 0 saturated carbocycles. The van der Waals surface area contributed by atoms with Gasteiger partial charge in [-0.05, 0) is 33.0 Å². The number of piperidine rings is 1. The summed E-state index contributed by atoms with van der Waals surface area (Å²) < 4.78 is 0. The Hall–Kier alpha value is 0.320. The molecule has 0 spiro atoms. The van der Waals surface area contributed by atoms with Crippen LogP contribution in [0.5, 0.6) is 0 Å². The van der Waals surface area contributed by atoms with Gasteiger partial charge in [-0.2, -0.15) is 11.8 Å². The van der Waals surface area contributed by atoms with Crippen LogP contribution in [0.15, 0.2) is 0 Å². The highest BCUT2D eigenvalue weighted by atomic mass is 35.5. The molecule has 1 fully saturated rings. The van der Waals surface area contributed by atoms with Crippen LogP contribution < -0.4 is 5.32 Å². The summed E-state index contributed by atoms with van der Waals surface area (Å²) in [5.41, 5.74) is 0. The molecular weight excluding hydrogens is 329 g/mol. The maximum Gasteiger partial charge on any atom is 0.232 e. The van der Waals surface area contributed by atoms with Gasteiger partial charge in [-0.3, -0.25) is 4.79 Å². The van der Waals surface area contributed by atoms with Crippen LogP contribution in [0.2, 0.25) is 0 Å². The van der Waals surface area contributed by atoms with Gasteiger partial charge in [-0.15, -0.1) is 24.8 Å². The van der Waals surface area contributed by atoms with Crippen LogP contribution in [0.1, 0.15) is 26.7 Å². The van der Waals surface area contributed by atoms with Crippen molar-refractivity contribution < 1.29 is 4.79 Å². The van der Waals surface area contributed by atoms with Crippen LogP contribution in [-0.2, 0) is 4.79 Å². The van der Waals surface area contributed by atoms with Crippen molar-refractivity contribution in [2.75, 3.05) is 51.3 Å². The number of amides is 1. The van der Waals surface area contributed by atoms with Gasteiger partial charge in [0, 0.05) is 31.4 Å². The third-order valence-electron chi connectivity index (χ3n) is 3.93. The molecule has 0 atom stereocenters. The SMILES string of the molecule is CCN(CC)CCSCC(=O)N1CCC(NC)CC1.Cl.Cl. The molecule has 1 rings (SSSR count). The predicted octanol–water partition coefficient (Wildman–Crippen LogP) is 2.12. The zero-order valence-electron chi connectivity index (χ0n) is 13.5. The molecular formula is C14H31Cl2N3OS. The number of carbonyl (C=O) groups excluding carboxylic acids is 1. The van der Waals surface area contributed by atoms with E-state index in [1.165, 1.54) is 0 Å². The first-order valence-corrected chi connectivity index (χ1v) is 8.61. The lowest BCUT2D eigenvalue weighted by molar-refractivity contribution is -0.129. The minimum Gasteiger partial charge on any atom is -0.342 e. The van der Waals surface area contributed by atoms with Gasteiger partial charge >= 0.3 is 0 Å². The fourth-order valence-electron chi connectivity index (χ4n) is 2.40. The number of nitrogens with zero attached hydrogens (tertiary/aromatic N) is 2. The van der Waals surface area contributed by atoms with E-state index in [0.717, 1.165) is 51.3 Å². The van der Waals surface area contributed by atoms with E-state index in [1.807, 2.05) is 11.9 Å². The van der Waals surface area contributed by atoms with Crippen molar-refractivity contribution >= 4 is 42.5 Å². The second-order valence-electron chi connectivity index (χ2n) is 5.02. The average Bonchev–Trinajstić information content (AvgIpc) is 2.47. The molecule has 1 heterocycles. The first kappa shape index (κ1) is 23.6. The van der Waals surface area contributed by atoms with Gasteiger partial charge in [0.2, 0.25) is 5.91 Å². The van der Waals surface area contributed by atoms with Crippen LogP contribution in [0.4, 0.5) is 0 Å². The Morgan fingerprint density at radius 2 is 1.81 bits per heavy atom. The topological polar surface area (TPSA) is 35.6 Å². The average molecular weight is 360 g/mol. The maximum absolute atomic E-state index is 12.0. The van der Waals surface area contributed by atoms with Crippen molar-refractivity contribution in [3.05, 3.63) is 0 Å². The molecule has 1 amide bonds. The van der Waals surface area contributed by atoms with E-state index < -0.39 is 0 Å². The molecule has 1 aliphatic heterocycles. The number of nitrogens with one attached hydrogen (secondary N) is 1. The number of rotatable bonds is 8. The molecule has 0 bridgehead atoms. The summed E-state index contributed by atoms with van der Waals surface area (Å²) in [6, 6.07) is 0.597. The minimum absolute atomic E-state index is 0. The highest BCUT2D eigenvalue weighted by Gasteiger charge is 2.21. The summed E-state index contributed by atoms with van der Waals surface area (Å²) in [5.74, 6) is 2.02. The van der Waals surface area contributed by atoms with Crippen LogP contribution in [0, 0.1) is 0 Å². The normalized spacial score (nSPS) is 15.5. The molecule has 0 aromatic rings. The van der Waals surface area contributed by atoms with Crippen molar-refractivity contribution in [3.63, 3.8) is 0 Å². The third-order valence-corrected chi connectivity index (χ3v) is 4.85. The summed E-state index contributed by atoms with van der Waals surface area (Å²) in [4.78, 5) is 16.5. The Labute approximate surface area is 146 Å². The lowest BCUT2D eigenvalue weighted by Crippen LogP contribution is -2.44. The number of carbonyl (C=O) groups is 1. The highest BCUT2D eigenvalue weighted by molar-refractivity contribution is 7.99. The molecule has 1 N–H and O–H groups in total. The van der Waals surface area contributed by atoms with E-state index in [4.69, 9.17) is 0 Å². The smallest absolute Gasteiger partial charge is 0.232 e. The first-order chi connectivity index (χ1) is 9.21. The molecule has 0 aromatic carbocycles. The Morgan fingerprint density at radius 3 is 2.29 bits per heavy atom. The van der Waals surface area contributed by atoms with Crippen molar-refractivity contribution in [2.24, 2.45) is 0 Å². The van der Waals surface area contributed by atoms with Crippen LogP contribution in [0.3, 0.4) is 0 Å². The van der Waals surface area contributed by atoms with Crippen molar-refractivity contribution in [1.82, 2.24) is 15.1 Å². The molecule has 0 radical (unpaired) electrons. The molecule has 128 valence electrons. The summed E-state index contributed by atoms with van der Waals surface area (Å²) in [6.07, 6.45) is 2.18. The van der Waals surface area contributed by atoms with E-state index in [9.17, 15) is 4.79 Å².